The maximum atomic E-state index is 14.4. The molecule has 0 aliphatic heterocycles. The minimum absolute atomic E-state index is 0.0269. The Morgan fingerprint density at radius 2 is 1.49 bits per heavy atom. The van der Waals surface area contributed by atoms with Crippen LogP contribution in [0.15, 0.2) is 108 Å². The Labute approximate surface area is 275 Å². The first kappa shape index (κ1) is 35.4. The topological polar surface area (TPSA) is 86.8 Å². The lowest BCUT2D eigenvalue weighted by Gasteiger charge is -2.34. The van der Waals surface area contributed by atoms with Crippen molar-refractivity contribution in [3.63, 3.8) is 0 Å². The Bertz CT molecular complexity index is 1780. The van der Waals surface area contributed by atoms with E-state index in [2.05, 4.69) is 5.32 Å². The van der Waals surface area contributed by atoms with Crippen LogP contribution >= 0.6 is 11.6 Å². The van der Waals surface area contributed by atoms with Crippen LogP contribution < -0.4 is 9.62 Å². The van der Waals surface area contributed by atoms with Gasteiger partial charge in [0, 0.05) is 19.5 Å². The molecule has 13 heteroatoms. The molecule has 47 heavy (non-hydrogen) atoms. The molecule has 4 aromatic rings. The number of nitrogens with zero attached hydrogens (tertiary/aromatic N) is 2. The predicted octanol–water partition coefficient (Wildman–Crippen LogP) is 6.86. The minimum atomic E-state index is -4.85. The van der Waals surface area contributed by atoms with Gasteiger partial charge in [-0.15, -0.1) is 0 Å². The van der Waals surface area contributed by atoms with E-state index < -0.39 is 57.7 Å². The third-order valence-electron chi connectivity index (χ3n) is 7.24. The number of halogens is 5. The van der Waals surface area contributed by atoms with Gasteiger partial charge in [-0.3, -0.25) is 13.9 Å². The van der Waals surface area contributed by atoms with Crippen molar-refractivity contribution in [2.24, 2.45) is 0 Å². The largest absolute Gasteiger partial charge is 0.416 e. The first-order valence-corrected chi connectivity index (χ1v) is 16.4. The first-order valence-electron chi connectivity index (χ1n) is 14.6. The zero-order valence-electron chi connectivity index (χ0n) is 25.3. The molecule has 7 nitrogen and oxygen atoms in total. The van der Waals surface area contributed by atoms with E-state index in [9.17, 15) is 35.6 Å². The van der Waals surface area contributed by atoms with Gasteiger partial charge in [0.05, 0.1) is 21.2 Å². The molecule has 0 aromatic heterocycles. The van der Waals surface area contributed by atoms with E-state index in [1.807, 2.05) is 6.92 Å². The highest BCUT2D eigenvalue weighted by Gasteiger charge is 2.37. The fourth-order valence-corrected chi connectivity index (χ4v) is 6.54. The summed E-state index contributed by atoms with van der Waals surface area (Å²) in [6, 6.07) is 21.9. The Morgan fingerprint density at radius 3 is 2.09 bits per heavy atom. The van der Waals surface area contributed by atoms with E-state index in [0.717, 1.165) is 11.0 Å². The molecule has 0 heterocycles. The van der Waals surface area contributed by atoms with E-state index in [-0.39, 0.29) is 29.4 Å². The van der Waals surface area contributed by atoms with Crippen molar-refractivity contribution in [2.45, 2.75) is 43.4 Å². The molecular weight excluding hydrogens is 658 g/mol. The van der Waals surface area contributed by atoms with Gasteiger partial charge in [0.25, 0.3) is 10.0 Å². The Hall–Kier alpha value is -4.42. The molecule has 0 saturated heterocycles. The molecule has 0 radical (unpaired) electrons. The van der Waals surface area contributed by atoms with Crippen LogP contribution in [0.4, 0.5) is 23.2 Å². The van der Waals surface area contributed by atoms with Crippen LogP contribution in [0.25, 0.3) is 0 Å². The van der Waals surface area contributed by atoms with Crippen LogP contribution in [-0.4, -0.2) is 44.3 Å². The predicted molar refractivity (Wildman–Crippen MR) is 172 cm³/mol. The summed E-state index contributed by atoms with van der Waals surface area (Å²) in [5.41, 5.74) is -0.636. The smallest absolute Gasteiger partial charge is 0.354 e. The second kappa shape index (κ2) is 15.4. The molecule has 0 unspecified atom stereocenters. The fourth-order valence-electron chi connectivity index (χ4n) is 4.82. The van der Waals surface area contributed by atoms with Gasteiger partial charge >= 0.3 is 6.18 Å². The van der Waals surface area contributed by atoms with Crippen molar-refractivity contribution in [2.75, 3.05) is 17.4 Å². The van der Waals surface area contributed by atoms with Crippen LogP contribution in [0.3, 0.4) is 0 Å². The number of carbonyl (C=O) groups excluding carboxylic acids is 2. The van der Waals surface area contributed by atoms with Crippen molar-refractivity contribution < 1.29 is 35.6 Å². The number of alkyl halides is 3. The zero-order valence-corrected chi connectivity index (χ0v) is 26.8. The number of benzene rings is 4. The third kappa shape index (κ3) is 9.11. The molecule has 1 atom stereocenters. The molecule has 0 aliphatic carbocycles. The molecule has 0 bridgehead atoms. The number of rotatable bonds is 13. The average molecular weight is 690 g/mol. The van der Waals surface area contributed by atoms with Gasteiger partial charge in [-0.1, -0.05) is 79.2 Å². The lowest BCUT2D eigenvalue weighted by Crippen LogP contribution is -2.53. The van der Waals surface area contributed by atoms with Gasteiger partial charge in [0.1, 0.15) is 18.4 Å². The molecule has 0 aliphatic rings. The van der Waals surface area contributed by atoms with Gasteiger partial charge < -0.3 is 10.2 Å². The number of carbonyl (C=O) groups is 2. The summed E-state index contributed by atoms with van der Waals surface area (Å²) in [5, 5.41) is 2.44. The van der Waals surface area contributed by atoms with Gasteiger partial charge in [-0.2, -0.15) is 13.2 Å². The monoisotopic (exact) mass is 689 g/mol. The lowest BCUT2D eigenvalue weighted by atomic mass is 10.0. The summed E-state index contributed by atoms with van der Waals surface area (Å²) < 4.78 is 83.7. The minimum Gasteiger partial charge on any atom is -0.354 e. The molecule has 4 rings (SSSR count). The van der Waals surface area contributed by atoms with E-state index >= 15 is 0 Å². The third-order valence-corrected chi connectivity index (χ3v) is 9.33. The van der Waals surface area contributed by atoms with E-state index in [1.165, 1.54) is 48.5 Å². The van der Waals surface area contributed by atoms with E-state index in [0.29, 0.717) is 34.0 Å². The van der Waals surface area contributed by atoms with Crippen LogP contribution in [0.5, 0.6) is 0 Å². The summed E-state index contributed by atoms with van der Waals surface area (Å²) >= 11 is 6.32. The number of anilines is 1. The highest BCUT2D eigenvalue weighted by Crippen LogP contribution is 2.37. The van der Waals surface area contributed by atoms with Gasteiger partial charge in [-0.25, -0.2) is 12.8 Å². The SMILES string of the molecule is CCCNC(=O)[C@H](Cc1ccccc1)N(Cc1ccc(F)cc1)C(=O)CN(c1cc(C(F)(F)F)ccc1Cl)S(=O)(=O)c1ccccc1. The number of nitrogens with one attached hydrogen (secondary N) is 1. The van der Waals surface area contributed by atoms with Crippen molar-refractivity contribution >= 4 is 39.1 Å². The highest BCUT2D eigenvalue weighted by atomic mass is 35.5. The van der Waals surface area contributed by atoms with Gasteiger partial charge in [0.2, 0.25) is 11.8 Å². The Kier molecular flexibility index (Phi) is 11.6. The molecule has 0 saturated carbocycles. The molecule has 0 fully saturated rings. The normalized spacial score (nSPS) is 12.3. The van der Waals surface area contributed by atoms with Crippen LogP contribution in [0, 0.1) is 5.82 Å². The van der Waals surface area contributed by atoms with E-state index in [1.54, 1.807) is 36.4 Å². The number of hydrogen-bond donors (Lipinski definition) is 1. The summed E-state index contributed by atoms with van der Waals surface area (Å²) in [6.07, 6.45) is -4.23. The first-order chi connectivity index (χ1) is 22.3. The van der Waals surface area contributed by atoms with Gasteiger partial charge in [-0.05, 0) is 60.0 Å². The number of amides is 2. The second-order valence-corrected chi connectivity index (χ2v) is 12.9. The molecule has 2 amide bonds. The lowest BCUT2D eigenvalue weighted by molar-refractivity contribution is -0.140. The summed E-state index contributed by atoms with van der Waals surface area (Å²) in [6.45, 7) is 0.883. The number of sulfonamides is 1. The maximum absolute atomic E-state index is 14.4. The maximum Gasteiger partial charge on any atom is 0.416 e. The Morgan fingerprint density at radius 1 is 0.872 bits per heavy atom. The Balaban J connectivity index is 1.86. The standard InChI is InChI=1S/C34H32ClF4N3O4S/c1-2-19-40-33(44)31(20-24-9-5-3-6-10-24)41(22-25-13-16-27(36)17-14-25)32(43)23-42(47(45,46)28-11-7-4-8-12-28)30-21-26(34(37,38)39)15-18-29(30)35/h3-18,21,31H,2,19-20,22-23H2,1H3,(H,40,44)/t31-/m0/s1. The van der Waals surface area contributed by atoms with E-state index in [4.69, 9.17) is 11.6 Å². The second-order valence-electron chi connectivity index (χ2n) is 10.6. The van der Waals surface area contributed by atoms with Crippen molar-refractivity contribution in [3.05, 3.63) is 131 Å². The summed E-state index contributed by atoms with van der Waals surface area (Å²) in [4.78, 5) is 28.9. The van der Waals surface area contributed by atoms with Crippen molar-refractivity contribution in [1.29, 1.82) is 0 Å². The quantitative estimate of drug-likeness (QED) is 0.156. The molecule has 4 aromatic carbocycles. The fraction of sp³-hybridized carbons (Fsp3) is 0.235. The zero-order chi connectivity index (χ0) is 34.2. The van der Waals surface area contributed by atoms with Crippen molar-refractivity contribution in [3.8, 4) is 0 Å². The molecule has 248 valence electrons. The van der Waals surface area contributed by atoms with Crippen LogP contribution in [0.2, 0.25) is 5.02 Å². The van der Waals surface area contributed by atoms with Crippen molar-refractivity contribution in [1.82, 2.24) is 10.2 Å². The van der Waals surface area contributed by atoms with Crippen LogP contribution in [-0.2, 0) is 38.8 Å². The summed E-state index contributed by atoms with van der Waals surface area (Å²) in [5.74, 6) is -1.97. The van der Waals surface area contributed by atoms with Crippen LogP contribution in [0.1, 0.15) is 30.0 Å². The highest BCUT2D eigenvalue weighted by molar-refractivity contribution is 7.92. The average Bonchev–Trinajstić information content (AvgIpc) is 3.05. The molecular formula is C34H32ClF4N3O4S. The van der Waals surface area contributed by atoms with Gasteiger partial charge in [0.15, 0.2) is 0 Å². The summed E-state index contributed by atoms with van der Waals surface area (Å²) in [7, 11) is -4.68. The molecule has 0 spiro atoms. The number of hydrogen-bond acceptors (Lipinski definition) is 4. The molecule has 1 N–H and O–H groups in total.